The van der Waals surface area contributed by atoms with Crippen LogP contribution < -0.4 is 5.32 Å². The van der Waals surface area contributed by atoms with Crippen LogP contribution in [0.25, 0.3) is 10.9 Å². The predicted molar refractivity (Wildman–Crippen MR) is 105 cm³/mol. The first-order chi connectivity index (χ1) is 12.7. The summed E-state index contributed by atoms with van der Waals surface area (Å²) in [5.74, 6) is -0.0643. The van der Waals surface area contributed by atoms with Crippen molar-refractivity contribution in [3.05, 3.63) is 70.9 Å². The number of benzene rings is 2. The number of likely N-dealkylation sites (tertiary alicyclic amines) is 1. The number of para-hydroxylation sites is 1. The van der Waals surface area contributed by atoms with E-state index in [1.807, 2.05) is 31.2 Å². The van der Waals surface area contributed by atoms with Gasteiger partial charge in [0, 0.05) is 24.0 Å². The average Bonchev–Trinajstić information content (AvgIpc) is 3.30. The Hall–Kier alpha value is -2.59. The summed E-state index contributed by atoms with van der Waals surface area (Å²) in [5.41, 5.74) is 5.26. The second-order valence-corrected chi connectivity index (χ2v) is 7.21. The largest absolute Gasteiger partial charge is 0.350 e. The van der Waals surface area contributed by atoms with Gasteiger partial charge in [0.05, 0.1) is 0 Å². The number of hydrogen-bond donors (Lipinski definition) is 2. The minimum absolute atomic E-state index is 0.0643. The molecule has 2 N–H and O–H groups in total. The highest BCUT2D eigenvalue weighted by Gasteiger charge is 2.13. The average molecular weight is 347 g/mol. The predicted octanol–water partition coefficient (Wildman–Crippen LogP) is 4.00. The van der Waals surface area contributed by atoms with Crippen molar-refractivity contribution in [2.45, 2.75) is 32.9 Å². The summed E-state index contributed by atoms with van der Waals surface area (Å²) < 4.78 is 0. The minimum Gasteiger partial charge on any atom is -0.350 e. The maximum absolute atomic E-state index is 12.5. The summed E-state index contributed by atoms with van der Waals surface area (Å²) >= 11 is 0. The first-order valence-electron chi connectivity index (χ1n) is 9.36. The highest BCUT2D eigenvalue weighted by molar-refractivity contribution is 5.98. The van der Waals surface area contributed by atoms with E-state index in [0.717, 1.165) is 28.6 Å². The number of nitrogens with zero attached hydrogens (tertiary/aromatic N) is 1. The SMILES string of the molecule is Cc1cccc2cc(C(=O)NCc3cccc(CN4CCCC4)c3)[nH]c12. The number of carbonyl (C=O) groups is 1. The molecule has 4 rings (SSSR count). The number of aryl methyl sites for hydroxylation is 1. The van der Waals surface area contributed by atoms with Gasteiger partial charge < -0.3 is 10.3 Å². The normalized spacial score (nSPS) is 14.8. The standard InChI is InChI=1S/C22H25N3O/c1-16-6-4-9-19-13-20(24-21(16)19)22(26)23-14-17-7-5-8-18(12-17)15-25-10-2-3-11-25/h4-9,12-13,24H,2-3,10-11,14-15H2,1H3,(H,23,26). The second-order valence-electron chi connectivity index (χ2n) is 7.21. The molecule has 2 heterocycles. The summed E-state index contributed by atoms with van der Waals surface area (Å²) in [7, 11) is 0. The summed E-state index contributed by atoms with van der Waals surface area (Å²) in [5, 5.41) is 4.10. The first-order valence-corrected chi connectivity index (χ1v) is 9.36. The summed E-state index contributed by atoms with van der Waals surface area (Å²) in [6.07, 6.45) is 2.61. The number of amides is 1. The minimum atomic E-state index is -0.0643. The quantitative estimate of drug-likeness (QED) is 0.733. The molecular weight excluding hydrogens is 322 g/mol. The molecule has 0 atom stereocenters. The van der Waals surface area contributed by atoms with Gasteiger partial charge >= 0.3 is 0 Å². The van der Waals surface area contributed by atoms with Gasteiger partial charge in [-0.15, -0.1) is 0 Å². The number of rotatable bonds is 5. The molecule has 0 unspecified atom stereocenters. The lowest BCUT2D eigenvalue weighted by Crippen LogP contribution is -2.23. The van der Waals surface area contributed by atoms with Crippen molar-refractivity contribution < 1.29 is 4.79 Å². The molecule has 0 radical (unpaired) electrons. The number of nitrogens with one attached hydrogen (secondary N) is 2. The van der Waals surface area contributed by atoms with Gasteiger partial charge in [-0.25, -0.2) is 0 Å². The van der Waals surface area contributed by atoms with Crippen molar-refractivity contribution in [1.82, 2.24) is 15.2 Å². The number of hydrogen-bond acceptors (Lipinski definition) is 2. The lowest BCUT2D eigenvalue weighted by molar-refractivity contribution is 0.0946. The van der Waals surface area contributed by atoms with Crippen LogP contribution in [0.2, 0.25) is 0 Å². The Morgan fingerprint density at radius 3 is 2.65 bits per heavy atom. The van der Waals surface area contributed by atoms with Crippen LogP contribution in [0.1, 0.15) is 40.0 Å². The fraction of sp³-hybridized carbons (Fsp3) is 0.318. The molecular formula is C22H25N3O. The molecule has 26 heavy (non-hydrogen) atoms. The van der Waals surface area contributed by atoms with E-state index in [2.05, 4.69) is 39.5 Å². The van der Waals surface area contributed by atoms with Crippen LogP contribution in [0.5, 0.6) is 0 Å². The van der Waals surface area contributed by atoms with Gasteiger partial charge in [0.15, 0.2) is 0 Å². The van der Waals surface area contributed by atoms with Crippen molar-refractivity contribution in [1.29, 1.82) is 0 Å². The Balaban J connectivity index is 1.41. The fourth-order valence-electron chi connectivity index (χ4n) is 3.74. The molecule has 0 saturated carbocycles. The molecule has 1 aliphatic rings. The van der Waals surface area contributed by atoms with Crippen LogP contribution in [0, 0.1) is 6.92 Å². The van der Waals surface area contributed by atoms with Crippen LogP contribution in [0.4, 0.5) is 0 Å². The smallest absolute Gasteiger partial charge is 0.267 e. The van der Waals surface area contributed by atoms with E-state index in [1.165, 1.54) is 31.5 Å². The van der Waals surface area contributed by atoms with E-state index < -0.39 is 0 Å². The second kappa shape index (κ2) is 7.34. The highest BCUT2D eigenvalue weighted by atomic mass is 16.1. The molecule has 2 aromatic carbocycles. The molecule has 1 aromatic heterocycles. The zero-order valence-corrected chi connectivity index (χ0v) is 15.2. The molecule has 0 spiro atoms. The molecule has 134 valence electrons. The van der Waals surface area contributed by atoms with Crippen LogP contribution in [0.3, 0.4) is 0 Å². The number of carbonyl (C=O) groups excluding carboxylic acids is 1. The third kappa shape index (κ3) is 3.65. The topological polar surface area (TPSA) is 48.1 Å². The van der Waals surface area contributed by atoms with Gasteiger partial charge in [-0.05, 0) is 55.6 Å². The molecule has 1 saturated heterocycles. The van der Waals surface area contributed by atoms with E-state index >= 15 is 0 Å². The summed E-state index contributed by atoms with van der Waals surface area (Å²) in [6, 6.07) is 16.5. The Morgan fingerprint density at radius 1 is 1.08 bits per heavy atom. The molecule has 4 nitrogen and oxygen atoms in total. The van der Waals surface area contributed by atoms with E-state index in [0.29, 0.717) is 12.2 Å². The number of aromatic nitrogens is 1. The third-order valence-electron chi connectivity index (χ3n) is 5.16. The molecule has 1 aliphatic heterocycles. The molecule has 4 heteroatoms. The van der Waals surface area contributed by atoms with Gasteiger partial charge in [-0.2, -0.15) is 0 Å². The van der Waals surface area contributed by atoms with Crippen LogP contribution in [-0.2, 0) is 13.1 Å². The van der Waals surface area contributed by atoms with E-state index in [9.17, 15) is 4.79 Å². The van der Waals surface area contributed by atoms with Crippen LogP contribution in [-0.4, -0.2) is 28.9 Å². The molecule has 1 amide bonds. The Kier molecular flexibility index (Phi) is 4.76. The lowest BCUT2D eigenvalue weighted by atomic mass is 10.1. The van der Waals surface area contributed by atoms with Gasteiger partial charge in [-0.1, -0.05) is 42.5 Å². The number of aromatic amines is 1. The van der Waals surface area contributed by atoms with E-state index in [4.69, 9.17) is 0 Å². The fourth-order valence-corrected chi connectivity index (χ4v) is 3.74. The van der Waals surface area contributed by atoms with Gasteiger partial charge in [0.1, 0.15) is 5.69 Å². The number of fused-ring (bicyclic) bond motifs is 1. The summed E-state index contributed by atoms with van der Waals surface area (Å²) in [6.45, 7) is 5.98. The highest BCUT2D eigenvalue weighted by Crippen LogP contribution is 2.19. The third-order valence-corrected chi connectivity index (χ3v) is 5.16. The molecule has 0 aliphatic carbocycles. The van der Waals surface area contributed by atoms with Gasteiger partial charge in [0.2, 0.25) is 0 Å². The van der Waals surface area contributed by atoms with Crippen molar-refractivity contribution in [3.63, 3.8) is 0 Å². The van der Waals surface area contributed by atoms with Crippen LogP contribution in [0.15, 0.2) is 48.5 Å². The number of H-pyrrole nitrogens is 1. The maximum atomic E-state index is 12.5. The van der Waals surface area contributed by atoms with Crippen molar-refractivity contribution in [3.8, 4) is 0 Å². The zero-order chi connectivity index (χ0) is 17.9. The van der Waals surface area contributed by atoms with E-state index in [-0.39, 0.29) is 5.91 Å². The van der Waals surface area contributed by atoms with Crippen LogP contribution >= 0.6 is 0 Å². The van der Waals surface area contributed by atoms with Crippen molar-refractivity contribution in [2.24, 2.45) is 0 Å². The summed E-state index contributed by atoms with van der Waals surface area (Å²) in [4.78, 5) is 18.2. The van der Waals surface area contributed by atoms with Gasteiger partial charge in [-0.3, -0.25) is 9.69 Å². The molecule has 3 aromatic rings. The monoisotopic (exact) mass is 347 g/mol. The van der Waals surface area contributed by atoms with Crippen molar-refractivity contribution in [2.75, 3.05) is 13.1 Å². The van der Waals surface area contributed by atoms with Gasteiger partial charge in [0.25, 0.3) is 5.91 Å². The Bertz CT molecular complexity index is 922. The molecule has 0 bridgehead atoms. The molecule has 1 fully saturated rings. The first kappa shape index (κ1) is 16.9. The zero-order valence-electron chi connectivity index (χ0n) is 15.2. The Labute approximate surface area is 154 Å². The van der Waals surface area contributed by atoms with Crippen molar-refractivity contribution >= 4 is 16.8 Å². The lowest BCUT2D eigenvalue weighted by Gasteiger charge is -2.15. The van der Waals surface area contributed by atoms with E-state index in [1.54, 1.807) is 0 Å². The maximum Gasteiger partial charge on any atom is 0.267 e. The Morgan fingerprint density at radius 2 is 1.85 bits per heavy atom.